The lowest BCUT2D eigenvalue weighted by Gasteiger charge is -2.20. The molecule has 1 atom stereocenters. The van der Waals surface area contributed by atoms with E-state index in [1.54, 1.807) is 11.3 Å². The number of nitrogens with zero attached hydrogens (tertiary/aromatic N) is 1. The Morgan fingerprint density at radius 1 is 1.53 bits per heavy atom. The quantitative estimate of drug-likeness (QED) is 0.885. The lowest BCUT2D eigenvalue weighted by atomic mass is 10.2. The van der Waals surface area contributed by atoms with Crippen LogP contribution in [0.2, 0.25) is 0 Å². The monoisotopic (exact) mass is 244 g/mol. The molecule has 2 nitrogen and oxygen atoms in total. The number of hydrogen-bond acceptors (Lipinski definition) is 4. The van der Waals surface area contributed by atoms with Crippen molar-refractivity contribution in [2.45, 2.75) is 44.9 Å². The molecule has 86 valence electrons. The molecule has 1 aromatic heterocycles. The van der Waals surface area contributed by atoms with Crippen molar-refractivity contribution < 1.29 is 0 Å². The normalized spacial score (nSPS) is 14.2. The van der Waals surface area contributed by atoms with Crippen LogP contribution in [0.25, 0.3) is 0 Å². The average Bonchev–Trinajstić information content (AvgIpc) is 2.47. The fourth-order valence-corrected chi connectivity index (χ4v) is 2.83. The second-order valence-electron chi connectivity index (χ2n) is 4.77. The van der Waals surface area contributed by atoms with Gasteiger partial charge in [0.15, 0.2) is 0 Å². The van der Waals surface area contributed by atoms with Crippen LogP contribution in [-0.4, -0.2) is 21.5 Å². The largest absolute Gasteiger partial charge is 0.327 e. The van der Waals surface area contributed by atoms with E-state index in [0.717, 1.165) is 22.9 Å². The van der Waals surface area contributed by atoms with Gasteiger partial charge in [-0.1, -0.05) is 20.8 Å². The van der Waals surface area contributed by atoms with E-state index in [2.05, 4.69) is 31.1 Å². The molecule has 1 rings (SSSR count). The van der Waals surface area contributed by atoms with Crippen LogP contribution in [0.15, 0.2) is 5.38 Å². The molecule has 0 amide bonds. The van der Waals surface area contributed by atoms with Crippen molar-refractivity contribution in [2.24, 2.45) is 5.73 Å². The first-order chi connectivity index (χ1) is 6.87. The highest BCUT2D eigenvalue weighted by atomic mass is 32.2. The summed E-state index contributed by atoms with van der Waals surface area (Å²) in [5, 5.41) is 3.24. The molecule has 0 aromatic carbocycles. The van der Waals surface area contributed by atoms with Crippen LogP contribution in [0.3, 0.4) is 0 Å². The Balaban J connectivity index is 2.33. The second-order valence-corrected chi connectivity index (χ2v) is 7.56. The van der Waals surface area contributed by atoms with Crippen LogP contribution in [-0.2, 0) is 6.42 Å². The van der Waals surface area contributed by atoms with Gasteiger partial charge in [-0.15, -0.1) is 11.3 Å². The van der Waals surface area contributed by atoms with E-state index in [-0.39, 0.29) is 6.04 Å². The number of thioether (sulfide) groups is 1. The van der Waals surface area contributed by atoms with Crippen molar-refractivity contribution in [1.82, 2.24) is 4.98 Å². The summed E-state index contributed by atoms with van der Waals surface area (Å²) in [5.74, 6) is 1.00. The lowest BCUT2D eigenvalue weighted by Crippen LogP contribution is -2.27. The summed E-state index contributed by atoms with van der Waals surface area (Å²) in [4.78, 5) is 4.42. The molecule has 0 fully saturated rings. The van der Waals surface area contributed by atoms with Gasteiger partial charge >= 0.3 is 0 Å². The van der Waals surface area contributed by atoms with E-state index >= 15 is 0 Å². The third kappa shape index (κ3) is 5.54. The minimum Gasteiger partial charge on any atom is -0.327 e. The zero-order chi connectivity index (χ0) is 11.5. The molecular weight excluding hydrogens is 224 g/mol. The Morgan fingerprint density at radius 2 is 2.20 bits per heavy atom. The molecule has 4 heteroatoms. The molecule has 0 spiro atoms. The molecule has 1 unspecified atom stereocenters. The van der Waals surface area contributed by atoms with Crippen LogP contribution in [0, 0.1) is 6.92 Å². The third-order valence-corrected chi connectivity index (χ3v) is 4.28. The molecule has 0 aliphatic carbocycles. The summed E-state index contributed by atoms with van der Waals surface area (Å²) in [7, 11) is 0. The summed E-state index contributed by atoms with van der Waals surface area (Å²) in [6.45, 7) is 8.68. The Morgan fingerprint density at radius 3 is 2.67 bits per heavy atom. The molecular formula is C11H20N2S2. The van der Waals surface area contributed by atoms with Gasteiger partial charge < -0.3 is 5.73 Å². The van der Waals surface area contributed by atoms with Crippen LogP contribution >= 0.6 is 23.1 Å². The zero-order valence-corrected chi connectivity index (χ0v) is 11.5. The first-order valence-electron chi connectivity index (χ1n) is 5.17. The number of aryl methyl sites for hydroxylation is 1. The topological polar surface area (TPSA) is 38.9 Å². The van der Waals surface area contributed by atoms with Crippen molar-refractivity contribution in [3.8, 4) is 0 Å². The second kappa shape index (κ2) is 5.32. The van der Waals surface area contributed by atoms with Crippen molar-refractivity contribution in [3.63, 3.8) is 0 Å². The van der Waals surface area contributed by atoms with Gasteiger partial charge in [-0.2, -0.15) is 11.8 Å². The molecule has 0 radical (unpaired) electrons. The van der Waals surface area contributed by atoms with Crippen molar-refractivity contribution in [2.75, 3.05) is 5.75 Å². The predicted molar refractivity (Wildman–Crippen MR) is 70.7 cm³/mol. The van der Waals surface area contributed by atoms with Gasteiger partial charge in [0, 0.05) is 34.0 Å². The molecule has 2 N–H and O–H groups in total. The minimum atomic E-state index is 0.222. The van der Waals surface area contributed by atoms with E-state index < -0.39 is 0 Å². The summed E-state index contributed by atoms with van der Waals surface area (Å²) in [5.41, 5.74) is 7.17. The van der Waals surface area contributed by atoms with Gasteiger partial charge in [0.1, 0.15) is 0 Å². The molecule has 0 aliphatic heterocycles. The van der Waals surface area contributed by atoms with E-state index in [0.29, 0.717) is 4.75 Å². The third-order valence-electron chi connectivity index (χ3n) is 1.83. The number of thiazole rings is 1. The van der Waals surface area contributed by atoms with Gasteiger partial charge in [0.2, 0.25) is 0 Å². The summed E-state index contributed by atoms with van der Waals surface area (Å²) in [6, 6.07) is 0.222. The highest BCUT2D eigenvalue weighted by molar-refractivity contribution is 8.00. The smallest absolute Gasteiger partial charge is 0.0943 e. The molecule has 0 saturated heterocycles. The van der Waals surface area contributed by atoms with E-state index in [1.165, 1.54) is 0 Å². The van der Waals surface area contributed by atoms with Crippen LogP contribution in [0.5, 0.6) is 0 Å². The maximum absolute atomic E-state index is 6.07. The summed E-state index contributed by atoms with van der Waals surface area (Å²) in [6.07, 6.45) is 0.904. The Labute approximate surface area is 101 Å². The van der Waals surface area contributed by atoms with Crippen LogP contribution in [0.1, 0.15) is 31.5 Å². The fourth-order valence-electron chi connectivity index (χ4n) is 1.14. The molecule has 0 bridgehead atoms. The molecule has 0 aliphatic rings. The zero-order valence-electron chi connectivity index (χ0n) is 9.91. The molecule has 0 saturated carbocycles. The Kier molecular flexibility index (Phi) is 4.62. The van der Waals surface area contributed by atoms with E-state index in [4.69, 9.17) is 5.73 Å². The number of rotatable bonds is 4. The SMILES string of the molecule is Cc1csc(CC(N)CSC(C)(C)C)n1. The Hall–Kier alpha value is -0.0600. The van der Waals surface area contributed by atoms with Gasteiger partial charge in [0.05, 0.1) is 5.01 Å². The standard InChI is InChI=1S/C11H20N2S2/c1-8-6-14-10(13-8)5-9(12)7-15-11(2,3)4/h6,9H,5,7,12H2,1-4H3. The highest BCUT2D eigenvalue weighted by Gasteiger charge is 2.14. The lowest BCUT2D eigenvalue weighted by molar-refractivity contribution is 0.729. The minimum absolute atomic E-state index is 0.222. The van der Waals surface area contributed by atoms with Crippen LogP contribution < -0.4 is 5.73 Å². The van der Waals surface area contributed by atoms with Crippen molar-refractivity contribution >= 4 is 23.1 Å². The number of hydrogen-bond donors (Lipinski definition) is 1. The van der Waals surface area contributed by atoms with Gasteiger partial charge in [-0.25, -0.2) is 4.98 Å². The number of nitrogens with two attached hydrogens (primary N) is 1. The average molecular weight is 244 g/mol. The van der Waals surface area contributed by atoms with E-state index in [1.807, 2.05) is 18.7 Å². The summed E-state index contributed by atoms with van der Waals surface area (Å²) < 4.78 is 0.302. The maximum atomic E-state index is 6.07. The van der Waals surface area contributed by atoms with Crippen molar-refractivity contribution in [3.05, 3.63) is 16.1 Å². The van der Waals surface area contributed by atoms with Crippen molar-refractivity contribution in [1.29, 1.82) is 0 Å². The van der Waals surface area contributed by atoms with E-state index in [9.17, 15) is 0 Å². The fraction of sp³-hybridized carbons (Fsp3) is 0.727. The Bertz CT molecular complexity index is 302. The van der Waals surface area contributed by atoms with Crippen LogP contribution in [0.4, 0.5) is 0 Å². The molecule has 1 heterocycles. The van der Waals surface area contributed by atoms with Gasteiger partial charge in [0.25, 0.3) is 0 Å². The summed E-state index contributed by atoms with van der Waals surface area (Å²) >= 11 is 3.63. The number of aromatic nitrogens is 1. The molecule has 1 aromatic rings. The van der Waals surface area contributed by atoms with Gasteiger partial charge in [-0.05, 0) is 6.92 Å². The maximum Gasteiger partial charge on any atom is 0.0943 e. The molecule has 15 heavy (non-hydrogen) atoms. The predicted octanol–water partition coefficient (Wildman–Crippen LogP) is 2.85. The first-order valence-corrected chi connectivity index (χ1v) is 7.04. The first kappa shape index (κ1) is 13.0. The highest BCUT2D eigenvalue weighted by Crippen LogP contribution is 2.24. The van der Waals surface area contributed by atoms with Gasteiger partial charge in [-0.3, -0.25) is 0 Å².